The van der Waals surface area contributed by atoms with Crippen molar-refractivity contribution in [1.29, 1.82) is 0 Å². The summed E-state index contributed by atoms with van der Waals surface area (Å²) in [5, 5.41) is 13.5. The lowest BCUT2D eigenvalue weighted by molar-refractivity contribution is -0.143. The summed E-state index contributed by atoms with van der Waals surface area (Å²) in [5.74, 6) is 0.0223. The molecule has 1 atom stereocenters. The van der Waals surface area contributed by atoms with Crippen molar-refractivity contribution < 1.29 is 41.0 Å². The Hall–Kier alpha value is -1.85. The highest BCUT2D eigenvalue weighted by molar-refractivity contribution is 5.83. The van der Waals surface area contributed by atoms with Gasteiger partial charge in [0.15, 0.2) is 0 Å². The number of halogens is 6. The maximum atomic E-state index is 13.3. The van der Waals surface area contributed by atoms with Crippen LogP contribution in [0.2, 0.25) is 0 Å². The van der Waals surface area contributed by atoms with Crippen LogP contribution >= 0.6 is 0 Å². The molecule has 35 heavy (non-hydrogen) atoms. The summed E-state index contributed by atoms with van der Waals surface area (Å²) in [5.41, 5.74) is -4.73. The van der Waals surface area contributed by atoms with Crippen molar-refractivity contribution in [3.63, 3.8) is 0 Å². The van der Waals surface area contributed by atoms with Gasteiger partial charge in [-0.2, -0.15) is 26.3 Å². The number of benzene rings is 1. The number of alkyl halides is 6. The fourth-order valence-corrected chi connectivity index (χ4v) is 5.23. The van der Waals surface area contributed by atoms with Gasteiger partial charge in [-0.15, -0.1) is 0 Å². The zero-order valence-corrected chi connectivity index (χ0v) is 19.3. The number of rotatable bonds is 7. The molecule has 0 bridgehead atoms. The average molecular weight is 509 g/mol. The van der Waals surface area contributed by atoms with E-state index in [2.05, 4.69) is 5.32 Å². The maximum Gasteiger partial charge on any atom is 0.416 e. The number of ether oxygens (including phenoxy) is 1. The summed E-state index contributed by atoms with van der Waals surface area (Å²) < 4.78 is 84.3. The van der Waals surface area contributed by atoms with E-state index in [1.54, 1.807) is 0 Å². The summed E-state index contributed by atoms with van der Waals surface area (Å²) >= 11 is 0. The second-order valence-electron chi connectivity index (χ2n) is 10.3. The average Bonchev–Trinajstić information content (AvgIpc) is 3.49. The van der Waals surface area contributed by atoms with Gasteiger partial charge in [0, 0.05) is 45.7 Å². The molecule has 3 fully saturated rings. The highest BCUT2D eigenvalue weighted by atomic mass is 19.4. The number of likely N-dealkylation sites (tertiary alicyclic amines) is 1. The van der Waals surface area contributed by atoms with Crippen LogP contribution in [0.15, 0.2) is 18.2 Å². The van der Waals surface area contributed by atoms with Crippen LogP contribution in [-0.4, -0.2) is 54.4 Å². The first-order valence-corrected chi connectivity index (χ1v) is 11.9. The molecule has 1 aromatic rings. The minimum absolute atomic E-state index is 0.0791. The number of hydrogen-bond acceptors (Lipinski definition) is 4. The number of hydrogen-bond donors (Lipinski definition) is 2. The Balaban J connectivity index is 1.47. The zero-order valence-electron chi connectivity index (χ0n) is 19.3. The first-order chi connectivity index (χ1) is 16.3. The molecular weight excluding hydrogens is 478 g/mol. The Kier molecular flexibility index (Phi) is 7.16. The summed E-state index contributed by atoms with van der Waals surface area (Å²) in [7, 11) is 0. The number of carbonyl (C=O) groups is 1. The second kappa shape index (κ2) is 9.55. The fraction of sp³-hybridized carbons (Fsp3) is 0.708. The molecule has 0 aromatic heterocycles. The largest absolute Gasteiger partial charge is 0.416 e. The van der Waals surface area contributed by atoms with Crippen LogP contribution in [0.4, 0.5) is 26.3 Å². The summed E-state index contributed by atoms with van der Waals surface area (Å²) in [6, 6.07) is 1.37. The summed E-state index contributed by atoms with van der Waals surface area (Å²) in [6.45, 7) is 1.89. The number of aliphatic hydroxyl groups is 1. The van der Waals surface area contributed by atoms with Gasteiger partial charge in [-0.05, 0) is 49.1 Å². The molecule has 1 aromatic carbocycles. The first kappa shape index (κ1) is 26.2. The third kappa shape index (κ3) is 6.48. The molecule has 2 saturated heterocycles. The normalized spacial score (nSPS) is 25.6. The first-order valence-electron chi connectivity index (χ1n) is 11.9. The number of carbonyl (C=O) groups excluding carboxylic acids is 1. The highest BCUT2D eigenvalue weighted by Gasteiger charge is 2.49. The van der Waals surface area contributed by atoms with Crippen LogP contribution in [0.5, 0.6) is 0 Å². The van der Waals surface area contributed by atoms with Crippen LogP contribution < -0.4 is 5.32 Å². The monoisotopic (exact) mass is 508 g/mol. The van der Waals surface area contributed by atoms with E-state index in [1.807, 2.05) is 4.90 Å². The predicted molar refractivity (Wildman–Crippen MR) is 114 cm³/mol. The van der Waals surface area contributed by atoms with Gasteiger partial charge < -0.3 is 15.2 Å². The quantitative estimate of drug-likeness (QED) is 0.537. The van der Waals surface area contributed by atoms with Gasteiger partial charge in [0.25, 0.3) is 0 Å². The van der Waals surface area contributed by atoms with E-state index in [-0.39, 0.29) is 17.5 Å². The minimum atomic E-state index is -4.94. The summed E-state index contributed by atoms with van der Waals surface area (Å²) in [4.78, 5) is 15.4. The van der Waals surface area contributed by atoms with Crippen molar-refractivity contribution in [3.8, 4) is 0 Å². The van der Waals surface area contributed by atoms with E-state index in [4.69, 9.17) is 4.74 Å². The third-order valence-corrected chi connectivity index (χ3v) is 7.33. The van der Waals surface area contributed by atoms with E-state index >= 15 is 0 Å². The molecule has 2 heterocycles. The Bertz CT molecular complexity index is 893. The van der Waals surface area contributed by atoms with Gasteiger partial charge in [-0.1, -0.05) is 12.8 Å². The smallest absolute Gasteiger partial charge is 0.388 e. The lowest BCUT2D eigenvalue weighted by Gasteiger charge is -2.36. The molecule has 5 nitrogen and oxygen atoms in total. The number of amides is 1. The Labute approximate surface area is 199 Å². The van der Waals surface area contributed by atoms with Crippen LogP contribution in [0.1, 0.15) is 55.2 Å². The molecule has 196 valence electrons. The van der Waals surface area contributed by atoms with E-state index in [0.717, 1.165) is 12.8 Å². The highest BCUT2D eigenvalue weighted by Crippen LogP contribution is 2.46. The van der Waals surface area contributed by atoms with Crippen molar-refractivity contribution in [2.45, 2.75) is 63.0 Å². The number of nitrogens with zero attached hydrogens (tertiary/aromatic N) is 1. The molecule has 0 radical (unpaired) electrons. The number of nitrogens with one attached hydrogen (secondary N) is 1. The van der Waals surface area contributed by atoms with Crippen molar-refractivity contribution in [3.05, 3.63) is 34.9 Å². The molecule has 1 saturated carbocycles. The van der Waals surface area contributed by atoms with Crippen LogP contribution in [0.25, 0.3) is 0 Å². The maximum absolute atomic E-state index is 13.3. The molecule has 1 amide bonds. The Morgan fingerprint density at radius 2 is 1.63 bits per heavy atom. The Morgan fingerprint density at radius 3 is 2.17 bits per heavy atom. The van der Waals surface area contributed by atoms with E-state index in [0.29, 0.717) is 76.6 Å². The van der Waals surface area contributed by atoms with Gasteiger partial charge in [-0.3, -0.25) is 9.69 Å². The second-order valence-corrected chi connectivity index (χ2v) is 10.3. The van der Waals surface area contributed by atoms with Crippen molar-refractivity contribution in [1.82, 2.24) is 10.2 Å². The predicted octanol–water partition coefficient (Wildman–Crippen LogP) is 4.37. The van der Waals surface area contributed by atoms with E-state index in [1.165, 1.54) is 0 Å². The zero-order chi connectivity index (χ0) is 25.5. The SMILES string of the molecule is O=C(NCc1cc(C(F)(F)F)cc(C(F)(F)F)c1)C1(CC2CC2)CCN(CC2(O)CCOCC2)C1. The van der Waals surface area contributed by atoms with Gasteiger partial charge in [-0.25, -0.2) is 0 Å². The lowest BCUT2D eigenvalue weighted by Crippen LogP contribution is -2.48. The van der Waals surface area contributed by atoms with Gasteiger partial charge >= 0.3 is 12.4 Å². The van der Waals surface area contributed by atoms with Crippen molar-refractivity contribution in [2.24, 2.45) is 11.3 Å². The molecule has 11 heteroatoms. The molecule has 3 aliphatic rings. The van der Waals surface area contributed by atoms with Crippen LogP contribution in [0, 0.1) is 11.3 Å². The topological polar surface area (TPSA) is 61.8 Å². The lowest BCUT2D eigenvalue weighted by atomic mass is 9.80. The Morgan fingerprint density at radius 1 is 1.03 bits per heavy atom. The molecular formula is C24H30F6N2O3. The fourth-order valence-electron chi connectivity index (χ4n) is 5.23. The van der Waals surface area contributed by atoms with Gasteiger partial charge in [0.05, 0.1) is 22.1 Å². The van der Waals surface area contributed by atoms with Crippen molar-refractivity contribution in [2.75, 3.05) is 32.8 Å². The standard InChI is InChI=1S/C24H30F6N2O3/c25-23(26,27)18-9-17(10-19(11-18)24(28,29)30)13-31-20(33)21(12-16-1-2-16)3-6-32(14-21)15-22(34)4-7-35-8-5-22/h9-11,16,34H,1-8,12-15H2,(H,31,33). The van der Waals surface area contributed by atoms with Gasteiger partial charge in [0.1, 0.15) is 0 Å². The van der Waals surface area contributed by atoms with Crippen LogP contribution in [0.3, 0.4) is 0 Å². The number of β-amino-alcohol motifs (C(OH)–C–C–N with tert-alkyl or cyclic N) is 1. The molecule has 4 rings (SSSR count). The molecule has 2 N–H and O–H groups in total. The third-order valence-electron chi connectivity index (χ3n) is 7.33. The van der Waals surface area contributed by atoms with Crippen LogP contribution in [-0.2, 0) is 28.4 Å². The van der Waals surface area contributed by atoms with Crippen molar-refractivity contribution >= 4 is 5.91 Å². The molecule has 1 aliphatic carbocycles. The van der Waals surface area contributed by atoms with E-state index in [9.17, 15) is 36.2 Å². The van der Waals surface area contributed by atoms with E-state index < -0.39 is 41.0 Å². The molecule has 2 aliphatic heterocycles. The van der Waals surface area contributed by atoms with Gasteiger partial charge in [0.2, 0.25) is 5.91 Å². The molecule has 1 unspecified atom stereocenters. The summed E-state index contributed by atoms with van der Waals surface area (Å²) in [6.07, 6.45) is -5.73. The minimum Gasteiger partial charge on any atom is -0.388 e. The molecule has 0 spiro atoms.